The van der Waals surface area contributed by atoms with Gasteiger partial charge in [-0.3, -0.25) is 4.79 Å². The summed E-state index contributed by atoms with van der Waals surface area (Å²) in [6.07, 6.45) is 3.15. The molecule has 4 nitrogen and oxygen atoms in total. The van der Waals surface area contributed by atoms with Crippen molar-refractivity contribution < 1.29 is 13.9 Å². The summed E-state index contributed by atoms with van der Waals surface area (Å²) in [7, 11) is 1.34. The van der Waals surface area contributed by atoms with Crippen molar-refractivity contribution >= 4 is 28.8 Å². The Hall–Kier alpha value is -1.56. The van der Waals surface area contributed by atoms with E-state index in [0.29, 0.717) is 16.3 Å². The molecule has 0 saturated heterocycles. The van der Waals surface area contributed by atoms with Crippen molar-refractivity contribution in [1.29, 1.82) is 0 Å². The molecule has 0 atom stereocenters. The Bertz CT molecular complexity index is 541. The van der Waals surface area contributed by atoms with Crippen molar-refractivity contribution in [3.8, 4) is 0 Å². The number of aromatic amines is 1. The third-order valence-electron chi connectivity index (χ3n) is 2.27. The molecule has 0 radical (unpaired) electrons. The maximum Gasteiger partial charge on any atom is 0.306 e. The van der Waals surface area contributed by atoms with Gasteiger partial charge in [-0.25, -0.2) is 9.37 Å². The van der Waals surface area contributed by atoms with Crippen LogP contribution in [0.1, 0.15) is 6.42 Å². The molecule has 2 rings (SSSR count). The van der Waals surface area contributed by atoms with Crippen LogP contribution in [-0.4, -0.2) is 28.8 Å². The molecule has 1 N–H and O–H groups in total. The Morgan fingerprint density at radius 2 is 2.47 bits per heavy atom. The summed E-state index contributed by atoms with van der Waals surface area (Å²) in [5, 5.41) is 0.736. The lowest BCUT2D eigenvalue weighted by molar-refractivity contribution is -0.140. The SMILES string of the molecule is COC(=O)CCSc1c(F)cnc2[nH]ccc12. The number of methoxy groups -OCH3 is 1. The molecule has 2 aromatic heterocycles. The highest BCUT2D eigenvalue weighted by Crippen LogP contribution is 2.29. The van der Waals surface area contributed by atoms with Crippen molar-refractivity contribution in [2.24, 2.45) is 0 Å². The lowest BCUT2D eigenvalue weighted by Gasteiger charge is -2.03. The van der Waals surface area contributed by atoms with Crippen LogP contribution >= 0.6 is 11.8 Å². The van der Waals surface area contributed by atoms with E-state index in [4.69, 9.17) is 0 Å². The monoisotopic (exact) mass is 254 g/mol. The predicted octanol–water partition coefficient (Wildman–Crippen LogP) is 2.36. The molecule has 2 aromatic rings. The number of thioether (sulfide) groups is 1. The second-order valence-corrected chi connectivity index (χ2v) is 4.45. The van der Waals surface area contributed by atoms with Crippen LogP contribution in [0.4, 0.5) is 4.39 Å². The fraction of sp³-hybridized carbons (Fsp3) is 0.273. The number of nitrogens with zero attached hydrogens (tertiary/aromatic N) is 1. The highest BCUT2D eigenvalue weighted by Gasteiger charge is 2.11. The van der Waals surface area contributed by atoms with Crippen LogP contribution in [0.3, 0.4) is 0 Å². The first-order chi connectivity index (χ1) is 8.22. The molecule has 0 aliphatic heterocycles. The molecule has 0 aromatic carbocycles. The summed E-state index contributed by atoms with van der Waals surface area (Å²) < 4.78 is 18.1. The van der Waals surface area contributed by atoms with E-state index in [1.54, 1.807) is 12.3 Å². The minimum atomic E-state index is -0.369. The second kappa shape index (κ2) is 5.18. The third kappa shape index (κ3) is 2.58. The highest BCUT2D eigenvalue weighted by molar-refractivity contribution is 7.99. The predicted molar refractivity (Wildman–Crippen MR) is 63.4 cm³/mol. The summed E-state index contributed by atoms with van der Waals surface area (Å²) >= 11 is 1.29. The van der Waals surface area contributed by atoms with Crippen LogP contribution in [0, 0.1) is 5.82 Å². The molecule has 90 valence electrons. The zero-order chi connectivity index (χ0) is 12.3. The fourth-order valence-electron chi connectivity index (χ4n) is 1.44. The molecule has 0 aliphatic rings. The Morgan fingerprint density at radius 1 is 1.65 bits per heavy atom. The number of hydrogen-bond donors (Lipinski definition) is 1. The number of H-pyrrole nitrogens is 1. The number of rotatable bonds is 4. The van der Waals surface area contributed by atoms with Crippen LogP contribution in [0.5, 0.6) is 0 Å². The maximum atomic E-state index is 13.6. The summed E-state index contributed by atoms with van der Waals surface area (Å²) in [5.74, 6) is -0.183. The van der Waals surface area contributed by atoms with Gasteiger partial charge in [-0.1, -0.05) is 0 Å². The topological polar surface area (TPSA) is 55.0 Å². The molecule has 0 bridgehead atoms. The summed E-state index contributed by atoms with van der Waals surface area (Å²) in [5.41, 5.74) is 0.645. The van der Waals surface area contributed by atoms with Gasteiger partial charge >= 0.3 is 5.97 Å². The zero-order valence-electron chi connectivity index (χ0n) is 9.20. The number of esters is 1. The molecule has 17 heavy (non-hydrogen) atoms. The first-order valence-corrected chi connectivity index (χ1v) is 6.02. The van der Waals surface area contributed by atoms with Crippen LogP contribution in [-0.2, 0) is 9.53 Å². The van der Waals surface area contributed by atoms with E-state index in [1.165, 1.54) is 25.1 Å². The Kier molecular flexibility index (Phi) is 3.63. The Balaban J connectivity index is 2.14. The number of carbonyl (C=O) groups excluding carboxylic acids is 1. The third-order valence-corrected chi connectivity index (χ3v) is 3.39. The van der Waals surface area contributed by atoms with Crippen molar-refractivity contribution in [2.75, 3.05) is 12.9 Å². The molecule has 6 heteroatoms. The van der Waals surface area contributed by atoms with Gasteiger partial charge in [0.25, 0.3) is 0 Å². The molecule has 0 amide bonds. The maximum absolute atomic E-state index is 13.6. The first kappa shape index (κ1) is 11.9. The van der Waals surface area contributed by atoms with E-state index in [2.05, 4.69) is 14.7 Å². The normalized spacial score (nSPS) is 10.7. The van der Waals surface area contributed by atoms with E-state index >= 15 is 0 Å². The van der Waals surface area contributed by atoms with E-state index in [0.717, 1.165) is 5.39 Å². The van der Waals surface area contributed by atoms with Gasteiger partial charge in [-0.15, -0.1) is 11.8 Å². The van der Waals surface area contributed by atoms with E-state index < -0.39 is 0 Å². The largest absolute Gasteiger partial charge is 0.469 e. The quantitative estimate of drug-likeness (QED) is 0.672. The molecule has 0 saturated carbocycles. The molecular weight excluding hydrogens is 243 g/mol. The highest BCUT2D eigenvalue weighted by atomic mass is 32.2. The fourth-order valence-corrected chi connectivity index (χ4v) is 2.43. The van der Waals surface area contributed by atoms with Crippen LogP contribution in [0.2, 0.25) is 0 Å². The number of hydrogen-bond acceptors (Lipinski definition) is 4. The van der Waals surface area contributed by atoms with E-state index in [9.17, 15) is 9.18 Å². The summed E-state index contributed by atoms with van der Waals surface area (Å²) in [6, 6.07) is 1.77. The van der Waals surface area contributed by atoms with Crippen molar-refractivity contribution in [2.45, 2.75) is 11.3 Å². The first-order valence-electron chi connectivity index (χ1n) is 5.03. The number of carbonyl (C=O) groups is 1. The van der Waals surface area contributed by atoms with E-state index in [-0.39, 0.29) is 18.2 Å². The number of ether oxygens (including phenoxy) is 1. The van der Waals surface area contributed by atoms with Crippen LogP contribution in [0.15, 0.2) is 23.4 Å². The smallest absolute Gasteiger partial charge is 0.306 e. The van der Waals surface area contributed by atoms with Gasteiger partial charge in [0.2, 0.25) is 0 Å². The molecule has 0 aliphatic carbocycles. The summed E-state index contributed by atoms with van der Waals surface area (Å²) in [4.78, 5) is 18.3. The Labute approximate surface area is 102 Å². The average molecular weight is 254 g/mol. The van der Waals surface area contributed by atoms with Crippen molar-refractivity contribution in [1.82, 2.24) is 9.97 Å². The number of aromatic nitrogens is 2. The van der Waals surface area contributed by atoms with Crippen molar-refractivity contribution in [3.63, 3.8) is 0 Å². The Morgan fingerprint density at radius 3 is 3.24 bits per heavy atom. The molecule has 0 unspecified atom stereocenters. The molecular formula is C11H11FN2O2S. The molecule has 0 fully saturated rings. The van der Waals surface area contributed by atoms with Crippen molar-refractivity contribution in [3.05, 3.63) is 24.3 Å². The second-order valence-electron chi connectivity index (χ2n) is 3.35. The van der Waals surface area contributed by atoms with Gasteiger partial charge in [0, 0.05) is 17.3 Å². The number of pyridine rings is 1. The van der Waals surface area contributed by atoms with Gasteiger partial charge in [0.15, 0.2) is 5.82 Å². The number of nitrogens with one attached hydrogen (secondary N) is 1. The van der Waals surface area contributed by atoms with Crippen LogP contribution < -0.4 is 0 Å². The lowest BCUT2D eigenvalue weighted by atomic mass is 10.3. The van der Waals surface area contributed by atoms with Gasteiger partial charge in [-0.05, 0) is 6.07 Å². The minimum absolute atomic E-state index is 0.259. The van der Waals surface area contributed by atoms with Gasteiger partial charge in [0.1, 0.15) is 5.65 Å². The summed E-state index contributed by atoms with van der Waals surface area (Å²) in [6.45, 7) is 0. The average Bonchev–Trinajstić information content (AvgIpc) is 2.80. The number of halogens is 1. The van der Waals surface area contributed by atoms with Crippen LogP contribution in [0.25, 0.3) is 11.0 Å². The van der Waals surface area contributed by atoms with E-state index in [1.807, 2.05) is 0 Å². The van der Waals surface area contributed by atoms with Gasteiger partial charge in [-0.2, -0.15) is 0 Å². The molecule has 2 heterocycles. The zero-order valence-corrected chi connectivity index (χ0v) is 10.0. The van der Waals surface area contributed by atoms with Gasteiger partial charge in [0.05, 0.1) is 24.6 Å². The van der Waals surface area contributed by atoms with Gasteiger partial charge < -0.3 is 9.72 Å². The standard InChI is InChI=1S/C11H11FN2O2S/c1-16-9(15)3-5-17-10-7-2-4-13-11(7)14-6-8(10)12/h2,4,6H,3,5H2,1H3,(H,13,14). The molecule has 0 spiro atoms. The lowest BCUT2D eigenvalue weighted by Crippen LogP contribution is -2.01. The minimum Gasteiger partial charge on any atom is -0.469 e. The number of fused-ring (bicyclic) bond motifs is 1.